The van der Waals surface area contributed by atoms with Crippen LogP contribution in [0, 0.1) is 0 Å². The van der Waals surface area contributed by atoms with Crippen molar-refractivity contribution in [1.29, 1.82) is 0 Å². The number of carbonyl (C=O) groups is 2. The molecular weight excluding hydrogens is 290 g/mol. The number of hydrogen-bond acceptors (Lipinski definition) is 4. The maximum absolute atomic E-state index is 11.7. The van der Waals surface area contributed by atoms with E-state index >= 15 is 0 Å². The lowest BCUT2D eigenvalue weighted by molar-refractivity contribution is -0.142. The summed E-state index contributed by atoms with van der Waals surface area (Å²) in [6.07, 6.45) is 3.18. The van der Waals surface area contributed by atoms with Gasteiger partial charge in [-0.15, -0.1) is 0 Å². The van der Waals surface area contributed by atoms with Gasteiger partial charge in [-0.3, -0.25) is 4.79 Å². The van der Waals surface area contributed by atoms with Crippen LogP contribution in [-0.4, -0.2) is 41.6 Å². The fourth-order valence-electron chi connectivity index (χ4n) is 1.73. The molecule has 0 fully saturated rings. The van der Waals surface area contributed by atoms with E-state index in [9.17, 15) is 9.59 Å². The first kappa shape index (κ1) is 17.4. The van der Waals surface area contributed by atoms with Gasteiger partial charge >= 0.3 is 5.97 Å². The predicted octanol–water partition coefficient (Wildman–Crippen LogP) is 1.95. The van der Waals surface area contributed by atoms with E-state index in [1.54, 1.807) is 17.8 Å². The molecule has 1 unspecified atom stereocenters. The third-order valence-electron chi connectivity index (χ3n) is 2.92. The number of hydrogen-bond donors (Lipinski definition) is 2. The van der Waals surface area contributed by atoms with Crippen LogP contribution in [0.4, 0.5) is 0 Å². The Labute approximate surface area is 129 Å². The minimum Gasteiger partial charge on any atom is -0.484 e. The van der Waals surface area contributed by atoms with Crippen LogP contribution in [0.2, 0.25) is 0 Å². The molecule has 0 aliphatic rings. The van der Waals surface area contributed by atoms with Crippen molar-refractivity contribution >= 4 is 23.6 Å². The molecule has 0 saturated heterocycles. The van der Waals surface area contributed by atoms with E-state index in [0.29, 0.717) is 17.9 Å². The molecule has 0 radical (unpaired) electrons. The first-order chi connectivity index (χ1) is 10.1. The topological polar surface area (TPSA) is 75.6 Å². The average Bonchev–Trinajstić information content (AvgIpc) is 2.49. The molecule has 1 aromatic rings. The second-order valence-corrected chi connectivity index (χ2v) is 5.52. The molecule has 0 bridgehead atoms. The van der Waals surface area contributed by atoms with E-state index < -0.39 is 17.9 Å². The van der Waals surface area contributed by atoms with Crippen molar-refractivity contribution in [2.75, 3.05) is 18.6 Å². The van der Waals surface area contributed by atoms with E-state index in [2.05, 4.69) is 5.32 Å². The number of nitrogens with one attached hydrogen (secondary N) is 1. The molecule has 1 amide bonds. The average molecular weight is 311 g/mol. The maximum atomic E-state index is 11.7. The smallest absolute Gasteiger partial charge is 0.326 e. The van der Waals surface area contributed by atoms with Crippen LogP contribution in [0.1, 0.15) is 18.9 Å². The van der Waals surface area contributed by atoms with Gasteiger partial charge in [-0.05, 0) is 42.5 Å². The molecule has 21 heavy (non-hydrogen) atoms. The van der Waals surface area contributed by atoms with Gasteiger partial charge in [0.2, 0.25) is 0 Å². The number of carboxylic acid groups (broad SMARTS) is 1. The number of ether oxygens (including phenoxy) is 1. The highest BCUT2D eigenvalue weighted by Crippen LogP contribution is 2.13. The highest BCUT2D eigenvalue weighted by molar-refractivity contribution is 7.98. The van der Waals surface area contributed by atoms with Gasteiger partial charge in [-0.2, -0.15) is 11.8 Å². The third-order valence-corrected chi connectivity index (χ3v) is 3.56. The summed E-state index contributed by atoms with van der Waals surface area (Å²) in [4.78, 5) is 22.8. The van der Waals surface area contributed by atoms with Crippen LogP contribution in [0.5, 0.6) is 5.75 Å². The molecule has 116 valence electrons. The monoisotopic (exact) mass is 311 g/mol. The minimum absolute atomic E-state index is 0.184. The molecule has 0 heterocycles. The van der Waals surface area contributed by atoms with E-state index in [1.807, 2.05) is 31.4 Å². The molecule has 0 aliphatic carbocycles. The number of aliphatic carboxylic acids is 1. The minimum atomic E-state index is -1.02. The van der Waals surface area contributed by atoms with Crippen molar-refractivity contribution in [1.82, 2.24) is 5.32 Å². The molecule has 0 saturated carbocycles. The van der Waals surface area contributed by atoms with Crippen molar-refractivity contribution in [3.05, 3.63) is 29.8 Å². The summed E-state index contributed by atoms with van der Waals surface area (Å²) >= 11 is 1.54. The number of carboxylic acids is 1. The van der Waals surface area contributed by atoms with E-state index in [4.69, 9.17) is 9.84 Å². The predicted molar refractivity (Wildman–Crippen MR) is 83.9 cm³/mol. The Morgan fingerprint density at radius 1 is 1.43 bits per heavy atom. The molecule has 1 atom stereocenters. The van der Waals surface area contributed by atoms with Crippen molar-refractivity contribution in [2.24, 2.45) is 0 Å². The number of aryl methyl sites for hydroxylation is 1. The first-order valence-electron chi connectivity index (χ1n) is 6.79. The van der Waals surface area contributed by atoms with Crippen LogP contribution in [0.15, 0.2) is 24.3 Å². The third kappa shape index (κ3) is 6.53. The number of rotatable bonds is 9. The Morgan fingerprint density at radius 2 is 2.19 bits per heavy atom. The summed E-state index contributed by atoms with van der Waals surface area (Å²) in [6.45, 7) is 1.85. The summed E-state index contributed by atoms with van der Waals surface area (Å²) in [6, 6.07) is 6.63. The van der Waals surface area contributed by atoms with Crippen LogP contribution in [0.3, 0.4) is 0 Å². The Bertz CT molecular complexity index is 478. The first-order valence-corrected chi connectivity index (χ1v) is 8.19. The normalized spacial score (nSPS) is 11.7. The second-order valence-electron chi connectivity index (χ2n) is 4.53. The van der Waals surface area contributed by atoms with Crippen molar-refractivity contribution in [3.8, 4) is 5.75 Å². The van der Waals surface area contributed by atoms with E-state index in [-0.39, 0.29) is 6.61 Å². The number of amides is 1. The second kappa shape index (κ2) is 9.28. The highest BCUT2D eigenvalue weighted by atomic mass is 32.2. The fraction of sp³-hybridized carbons (Fsp3) is 0.467. The summed E-state index contributed by atoms with van der Waals surface area (Å²) < 4.78 is 5.39. The van der Waals surface area contributed by atoms with Gasteiger partial charge in [0.25, 0.3) is 5.91 Å². The standard InChI is InChI=1S/C15H21NO4S/c1-3-11-5-4-6-12(9-11)20-10-14(17)16-13(15(18)19)7-8-21-2/h4-6,9,13H,3,7-8,10H2,1-2H3,(H,16,17)(H,18,19). The number of carbonyl (C=O) groups excluding carboxylic acids is 1. The van der Waals surface area contributed by atoms with E-state index in [0.717, 1.165) is 12.0 Å². The summed E-state index contributed by atoms with van der Waals surface area (Å²) in [5.41, 5.74) is 1.12. The van der Waals surface area contributed by atoms with Crippen molar-refractivity contribution in [3.63, 3.8) is 0 Å². The zero-order valence-corrected chi connectivity index (χ0v) is 13.1. The van der Waals surface area contributed by atoms with Gasteiger partial charge < -0.3 is 15.2 Å². The Kier molecular flexibility index (Phi) is 7.68. The molecule has 6 heteroatoms. The van der Waals surface area contributed by atoms with Crippen LogP contribution < -0.4 is 10.1 Å². The maximum Gasteiger partial charge on any atom is 0.326 e. The van der Waals surface area contributed by atoms with Crippen LogP contribution >= 0.6 is 11.8 Å². The molecule has 0 aromatic heterocycles. The van der Waals surface area contributed by atoms with Crippen LogP contribution in [0.25, 0.3) is 0 Å². The number of benzene rings is 1. The van der Waals surface area contributed by atoms with Gasteiger partial charge in [0, 0.05) is 0 Å². The highest BCUT2D eigenvalue weighted by Gasteiger charge is 2.19. The molecule has 1 rings (SSSR count). The van der Waals surface area contributed by atoms with Crippen molar-refractivity contribution < 1.29 is 19.4 Å². The molecular formula is C15H21NO4S. The molecule has 0 spiro atoms. The van der Waals surface area contributed by atoms with Gasteiger partial charge in [0.15, 0.2) is 6.61 Å². The van der Waals surface area contributed by atoms with Gasteiger partial charge in [0.05, 0.1) is 0 Å². The summed E-state index contributed by atoms with van der Waals surface area (Å²) in [5, 5.41) is 11.5. The number of thioether (sulfide) groups is 1. The Morgan fingerprint density at radius 3 is 2.81 bits per heavy atom. The lowest BCUT2D eigenvalue weighted by Gasteiger charge is -2.14. The lowest BCUT2D eigenvalue weighted by atomic mass is 10.2. The zero-order valence-electron chi connectivity index (χ0n) is 12.3. The van der Waals surface area contributed by atoms with Crippen LogP contribution in [-0.2, 0) is 16.0 Å². The van der Waals surface area contributed by atoms with Gasteiger partial charge in [0.1, 0.15) is 11.8 Å². The quantitative estimate of drug-likeness (QED) is 0.729. The molecule has 1 aromatic carbocycles. The van der Waals surface area contributed by atoms with Gasteiger partial charge in [-0.1, -0.05) is 19.1 Å². The largest absolute Gasteiger partial charge is 0.484 e. The van der Waals surface area contributed by atoms with Crippen molar-refractivity contribution in [2.45, 2.75) is 25.8 Å². The molecule has 2 N–H and O–H groups in total. The fourth-order valence-corrected chi connectivity index (χ4v) is 2.20. The molecule has 5 nitrogen and oxygen atoms in total. The summed E-state index contributed by atoms with van der Waals surface area (Å²) in [7, 11) is 0. The SMILES string of the molecule is CCc1cccc(OCC(=O)NC(CCSC)C(=O)O)c1. The molecule has 0 aliphatic heterocycles. The van der Waals surface area contributed by atoms with E-state index in [1.165, 1.54) is 0 Å². The van der Waals surface area contributed by atoms with Gasteiger partial charge in [-0.25, -0.2) is 4.79 Å². The lowest BCUT2D eigenvalue weighted by Crippen LogP contribution is -2.43. The Hall–Kier alpha value is -1.69. The zero-order chi connectivity index (χ0) is 15.7. The summed E-state index contributed by atoms with van der Waals surface area (Å²) in [5.74, 6) is -0.160. The Balaban J connectivity index is 2.46.